The van der Waals surface area contributed by atoms with Crippen LogP contribution in [0.25, 0.3) is 10.6 Å². The van der Waals surface area contributed by atoms with Gasteiger partial charge < -0.3 is 5.32 Å². The minimum absolute atomic E-state index is 0.0727. The molecule has 0 aliphatic carbocycles. The van der Waals surface area contributed by atoms with E-state index in [1.54, 1.807) is 17.4 Å². The lowest BCUT2D eigenvalue weighted by molar-refractivity contribution is 0.0953. The fourth-order valence-corrected chi connectivity index (χ4v) is 3.62. The third-order valence-corrected chi connectivity index (χ3v) is 5.27. The fourth-order valence-electron chi connectivity index (χ4n) is 2.30. The van der Waals surface area contributed by atoms with Crippen molar-refractivity contribution in [1.29, 1.82) is 0 Å². The van der Waals surface area contributed by atoms with E-state index in [-0.39, 0.29) is 5.91 Å². The van der Waals surface area contributed by atoms with Crippen molar-refractivity contribution in [3.63, 3.8) is 0 Å². The standard InChI is InChI=1S/C19H17BrN2OS/c1-13-6-8-14(9-7-13)19-22-15(12-24-19)10-11-21-18(23)16-4-2-3-5-17(16)20/h2-9,12H,10-11H2,1H3,(H,21,23). The molecule has 2 aromatic carbocycles. The summed E-state index contributed by atoms with van der Waals surface area (Å²) in [5, 5.41) is 6.01. The van der Waals surface area contributed by atoms with Crippen LogP contribution in [0.15, 0.2) is 58.4 Å². The van der Waals surface area contributed by atoms with E-state index >= 15 is 0 Å². The van der Waals surface area contributed by atoms with Crippen LogP contribution >= 0.6 is 27.3 Å². The molecule has 1 heterocycles. The summed E-state index contributed by atoms with van der Waals surface area (Å²) in [6.45, 7) is 2.64. The van der Waals surface area contributed by atoms with Gasteiger partial charge in [0.05, 0.1) is 11.3 Å². The van der Waals surface area contributed by atoms with Crippen LogP contribution in [-0.2, 0) is 6.42 Å². The van der Waals surface area contributed by atoms with Gasteiger partial charge in [0.25, 0.3) is 5.91 Å². The lowest BCUT2D eigenvalue weighted by atomic mass is 10.2. The number of hydrogen-bond donors (Lipinski definition) is 1. The first-order valence-corrected chi connectivity index (χ1v) is 9.35. The molecule has 1 amide bonds. The monoisotopic (exact) mass is 400 g/mol. The predicted octanol–water partition coefficient (Wildman–Crippen LogP) is 4.85. The summed E-state index contributed by atoms with van der Waals surface area (Å²) in [4.78, 5) is 16.8. The number of halogens is 1. The number of carbonyl (C=O) groups is 1. The van der Waals surface area contributed by atoms with E-state index in [0.29, 0.717) is 12.1 Å². The second kappa shape index (κ2) is 7.73. The largest absolute Gasteiger partial charge is 0.352 e. The Labute approximate surface area is 153 Å². The summed E-state index contributed by atoms with van der Waals surface area (Å²) in [7, 11) is 0. The van der Waals surface area contributed by atoms with E-state index < -0.39 is 0 Å². The van der Waals surface area contributed by atoms with Gasteiger partial charge in [0.15, 0.2) is 0 Å². The Morgan fingerprint density at radius 1 is 1.17 bits per heavy atom. The van der Waals surface area contributed by atoms with Crippen LogP contribution in [0, 0.1) is 6.92 Å². The molecule has 1 N–H and O–H groups in total. The normalized spacial score (nSPS) is 10.6. The van der Waals surface area contributed by atoms with E-state index in [2.05, 4.69) is 62.8 Å². The van der Waals surface area contributed by atoms with Crippen molar-refractivity contribution in [3.8, 4) is 10.6 Å². The Hall–Kier alpha value is -1.98. The number of nitrogens with one attached hydrogen (secondary N) is 1. The van der Waals surface area contributed by atoms with E-state index in [9.17, 15) is 4.79 Å². The zero-order valence-electron chi connectivity index (χ0n) is 13.3. The van der Waals surface area contributed by atoms with Crippen molar-refractivity contribution in [2.45, 2.75) is 13.3 Å². The van der Waals surface area contributed by atoms with E-state index in [0.717, 1.165) is 27.2 Å². The van der Waals surface area contributed by atoms with Gasteiger partial charge in [-0.25, -0.2) is 4.98 Å². The highest BCUT2D eigenvalue weighted by Gasteiger charge is 2.09. The lowest BCUT2D eigenvalue weighted by Gasteiger charge is -2.05. The molecule has 0 bridgehead atoms. The molecule has 0 atom stereocenters. The second-order valence-corrected chi connectivity index (χ2v) is 7.21. The molecule has 5 heteroatoms. The Bertz CT molecular complexity index is 843. The van der Waals surface area contributed by atoms with Crippen LogP contribution in [0.4, 0.5) is 0 Å². The number of benzene rings is 2. The van der Waals surface area contributed by atoms with E-state index in [1.807, 2.05) is 18.2 Å². The Morgan fingerprint density at radius 3 is 2.67 bits per heavy atom. The van der Waals surface area contributed by atoms with E-state index in [4.69, 9.17) is 0 Å². The summed E-state index contributed by atoms with van der Waals surface area (Å²) in [6.07, 6.45) is 0.721. The molecule has 3 nitrogen and oxygen atoms in total. The molecular weight excluding hydrogens is 384 g/mol. The van der Waals surface area contributed by atoms with Gasteiger partial charge in [-0.2, -0.15) is 0 Å². The SMILES string of the molecule is Cc1ccc(-c2nc(CCNC(=O)c3ccccc3Br)cs2)cc1. The molecular formula is C19H17BrN2OS. The minimum Gasteiger partial charge on any atom is -0.352 e. The van der Waals surface area contributed by atoms with Crippen LogP contribution in [0.5, 0.6) is 0 Å². The van der Waals surface area contributed by atoms with Crippen LogP contribution in [-0.4, -0.2) is 17.4 Å². The van der Waals surface area contributed by atoms with Gasteiger partial charge in [0, 0.05) is 28.4 Å². The third kappa shape index (κ3) is 4.10. The van der Waals surface area contributed by atoms with Gasteiger partial charge in [-0.3, -0.25) is 4.79 Å². The Balaban J connectivity index is 1.57. The Morgan fingerprint density at radius 2 is 1.92 bits per heavy atom. The van der Waals surface area contributed by atoms with Gasteiger partial charge in [-0.15, -0.1) is 11.3 Å². The van der Waals surface area contributed by atoms with Crippen molar-refractivity contribution in [1.82, 2.24) is 10.3 Å². The molecule has 0 spiro atoms. The number of aromatic nitrogens is 1. The van der Waals surface area contributed by atoms with E-state index in [1.165, 1.54) is 5.56 Å². The highest BCUT2D eigenvalue weighted by molar-refractivity contribution is 9.10. The molecule has 24 heavy (non-hydrogen) atoms. The molecule has 0 unspecified atom stereocenters. The van der Waals surface area contributed by atoms with Gasteiger partial charge in [-0.05, 0) is 35.0 Å². The molecule has 0 aliphatic heterocycles. The van der Waals surface area contributed by atoms with Gasteiger partial charge in [0.1, 0.15) is 5.01 Å². The summed E-state index contributed by atoms with van der Waals surface area (Å²) in [5.74, 6) is -0.0727. The highest BCUT2D eigenvalue weighted by Crippen LogP contribution is 2.24. The number of aryl methyl sites for hydroxylation is 1. The molecule has 1 aromatic heterocycles. The second-order valence-electron chi connectivity index (χ2n) is 5.50. The molecule has 0 saturated carbocycles. The van der Waals surface area contributed by atoms with Gasteiger partial charge in [0.2, 0.25) is 0 Å². The van der Waals surface area contributed by atoms with Crippen molar-refractivity contribution < 1.29 is 4.79 Å². The number of hydrogen-bond acceptors (Lipinski definition) is 3. The van der Waals surface area contributed by atoms with Crippen LogP contribution < -0.4 is 5.32 Å². The summed E-state index contributed by atoms with van der Waals surface area (Å²) >= 11 is 5.03. The lowest BCUT2D eigenvalue weighted by Crippen LogP contribution is -2.26. The molecule has 0 aliphatic rings. The molecule has 0 saturated heterocycles. The van der Waals surface area contributed by atoms with Crippen LogP contribution in [0.3, 0.4) is 0 Å². The zero-order chi connectivity index (χ0) is 16.9. The van der Waals surface area contributed by atoms with Gasteiger partial charge in [-0.1, -0.05) is 42.0 Å². The molecule has 0 fully saturated rings. The zero-order valence-corrected chi connectivity index (χ0v) is 15.7. The predicted molar refractivity (Wildman–Crippen MR) is 102 cm³/mol. The molecule has 122 valence electrons. The minimum atomic E-state index is -0.0727. The van der Waals surface area contributed by atoms with Crippen molar-refractivity contribution in [2.24, 2.45) is 0 Å². The molecule has 0 radical (unpaired) electrons. The molecule has 3 aromatic rings. The number of carbonyl (C=O) groups excluding carboxylic acids is 1. The number of thiazole rings is 1. The average Bonchev–Trinajstić information content (AvgIpc) is 3.04. The third-order valence-electron chi connectivity index (χ3n) is 3.64. The smallest absolute Gasteiger partial charge is 0.252 e. The average molecular weight is 401 g/mol. The maximum Gasteiger partial charge on any atom is 0.252 e. The van der Waals surface area contributed by atoms with Gasteiger partial charge >= 0.3 is 0 Å². The van der Waals surface area contributed by atoms with Crippen molar-refractivity contribution >= 4 is 33.2 Å². The Kier molecular flexibility index (Phi) is 5.43. The topological polar surface area (TPSA) is 42.0 Å². The maximum absolute atomic E-state index is 12.2. The fraction of sp³-hybridized carbons (Fsp3) is 0.158. The molecule has 3 rings (SSSR count). The summed E-state index contributed by atoms with van der Waals surface area (Å²) < 4.78 is 0.804. The van der Waals surface area contributed by atoms with Crippen molar-refractivity contribution in [2.75, 3.05) is 6.54 Å². The maximum atomic E-state index is 12.2. The first-order valence-electron chi connectivity index (χ1n) is 7.67. The number of amides is 1. The van der Waals surface area contributed by atoms with Crippen LogP contribution in [0.2, 0.25) is 0 Å². The van der Waals surface area contributed by atoms with Crippen LogP contribution in [0.1, 0.15) is 21.6 Å². The number of rotatable bonds is 5. The highest BCUT2D eigenvalue weighted by atomic mass is 79.9. The van der Waals surface area contributed by atoms with Crippen molar-refractivity contribution in [3.05, 3.63) is 75.2 Å². The summed E-state index contributed by atoms with van der Waals surface area (Å²) in [5.41, 5.74) is 4.03. The first-order chi connectivity index (χ1) is 11.6. The first kappa shape index (κ1) is 16.9. The quantitative estimate of drug-likeness (QED) is 0.664. The summed E-state index contributed by atoms with van der Waals surface area (Å²) in [6, 6.07) is 15.8. The number of nitrogens with zero attached hydrogens (tertiary/aromatic N) is 1.